The predicted octanol–water partition coefficient (Wildman–Crippen LogP) is 3.25. The van der Waals surface area contributed by atoms with Crippen molar-refractivity contribution >= 4 is 33.3 Å². The van der Waals surface area contributed by atoms with Gasteiger partial charge < -0.3 is 9.67 Å². The van der Waals surface area contributed by atoms with Crippen molar-refractivity contribution < 1.29 is 9.90 Å². The molecule has 1 fully saturated rings. The number of anilines is 1. The predicted molar refractivity (Wildman–Crippen MR) is 90.7 cm³/mol. The van der Waals surface area contributed by atoms with Crippen LogP contribution >= 0.6 is 11.3 Å². The number of amides is 1. The van der Waals surface area contributed by atoms with Crippen molar-refractivity contribution in [3.8, 4) is 0 Å². The molecular formula is C17H17N3O2S. The van der Waals surface area contributed by atoms with Gasteiger partial charge in [-0.15, -0.1) is 11.3 Å². The number of thiazole rings is 1. The molecule has 0 aliphatic heterocycles. The average molecular weight is 327 g/mol. The Morgan fingerprint density at radius 3 is 3.00 bits per heavy atom. The Morgan fingerprint density at radius 1 is 1.43 bits per heavy atom. The van der Waals surface area contributed by atoms with Crippen LogP contribution in [0.1, 0.15) is 28.8 Å². The Kier molecular flexibility index (Phi) is 3.63. The number of rotatable bonds is 5. The minimum atomic E-state index is -0.142. The monoisotopic (exact) mass is 327 g/mol. The van der Waals surface area contributed by atoms with Crippen LogP contribution in [-0.4, -0.2) is 20.6 Å². The van der Waals surface area contributed by atoms with Gasteiger partial charge >= 0.3 is 0 Å². The van der Waals surface area contributed by atoms with Gasteiger partial charge in [-0.3, -0.25) is 10.1 Å². The van der Waals surface area contributed by atoms with E-state index >= 15 is 0 Å². The number of carbonyl (C=O) groups excluding carboxylic acids is 1. The molecular weight excluding hydrogens is 310 g/mol. The van der Waals surface area contributed by atoms with Gasteiger partial charge in [-0.05, 0) is 30.4 Å². The largest absolute Gasteiger partial charge is 0.392 e. The molecule has 6 heteroatoms. The molecule has 0 radical (unpaired) electrons. The summed E-state index contributed by atoms with van der Waals surface area (Å²) >= 11 is 1.40. The first-order valence-electron chi connectivity index (χ1n) is 7.68. The highest BCUT2D eigenvalue weighted by Gasteiger charge is 2.24. The molecule has 0 saturated heterocycles. The second-order valence-electron chi connectivity index (χ2n) is 5.94. The number of aliphatic hydroxyl groups excluding tert-OH is 1. The molecule has 1 aliphatic carbocycles. The zero-order chi connectivity index (χ0) is 15.8. The average Bonchev–Trinajstić information content (AvgIpc) is 3.09. The maximum Gasteiger partial charge on any atom is 0.259 e. The molecule has 2 heterocycles. The molecule has 5 nitrogen and oxygen atoms in total. The Bertz CT molecular complexity index is 850. The van der Waals surface area contributed by atoms with Crippen LogP contribution in [0.3, 0.4) is 0 Å². The standard InChI is InChI=1S/C17H17N3O2S/c21-10-12-3-4-13-14(16(22)19-17-18-5-6-23-17)9-20(15(13)7-12)8-11-1-2-11/h3-7,9,11,21H,1-2,8,10H2,(H,18,19,22). The number of aliphatic hydroxyl groups is 1. The number of fused-ring (bicyclic) bond motifs is 1. The Morgan fingerprint density at radius 2 is 2.30 bits per heavy atom. The number of aromatic nitrogens is 2. The quantitative estimate of drug-likeness (QED) is 0.756. The van der Waals surface area contributed by atoms with Crippen LogP contribution in [0, 0.1) is 5.92 Å². The van der Waals surface area contributed by atoms with E-state index in [0.717, 1.165) is 23.0 Å². The van der Waals surface area contributed by atoms with E-state index in [1.807, 2.05) is 29.8 Å². The van der Waals surface area contributed by atoms with Gasteiger partial charge in [-0.25, -0.2) is 4.98 Å². The molecule has 3 aromatic rings. The Labute approximate surface area is 137 Å². The third-order valence-corrected chi connectivity index (χ3v) is 4.87. The van der Waals surface area contributed by atoms with Crippen LogP contribution in [0.15, 0.2) is 36.0 Å². The molecule has 0 spiro atoms. The number of benzene rings is 1. The lowest BCUT2D eigenvalue weighted by Gasteiger charge is -2.04. The van der Waals surface area contributed by atoms with Crippen molar-refractivity contribution in [2.45, 2.75) is 26.0 Å². The first-order valence-corrected chi connectivity index (χ1v) is 8.56. The lowest BCUT2D eigenvalue weighted by atomic mass is 10.1. The van der Waals surface area contributed by atoms with Gasteiger partial charge in [0.15, 0.2) is 5.13 Å². The number of hydrogen-bond acceptors (Lipinski definition) is 4. The number of nitrogens with zero attached hydrogens (tertiary/aromatic N) is 2. The molecule has 1 aliphatic rings. The van der Waals surface area contributed by atoms with E-state index in [-0.39, 0.29) is 12.5 Å². The Hall–Kier alpha value is -2.18. The Balaban J connectivity index is 1.74. The minimum Gasteiger partial charge on any atom is -0.392 e. The second kappa shape index (κ2) is 5.79. The van der Waals surface area contributed by atoms with Crippen molar-refractivity contribution in [2.24, 2.45) is 5.92 Å². The summed E-state index contributed by atoms with van der Waals surface area (Å²) in [6.45, 7) is 0.932. The lowest BCUT2D eigenvalue weighted by Crippen LogP contribution is -2.11. The number of hydrogen-bond donors (Lipinski definition) is 2. The molecule has 0 atom stereocenters. The van der Waals surface area contributed by atoms with Gasteiger partial charge in [0.1, 0.15) is 0 Å². The van der Waals surface area contributed by atoms with E-state index in [9.17, 15) is 9.90 Å². The molecule has 0 bridgehead atoms. The summed E-state index contributed by atoms with van der Waals surface area (Å²) in [5.41, 5.74) is 2.52. The van der Waals surface area contributed by atoms with Gasteiger partial charge in [0.2, 0.25) is 0 Å². The summed E-state index contributed by atoms with van der Waals surface area (Å²) in [5, 5.41) is 15.6. The fourth-order valence-corrected chi connectivity index (χ4v) is 3.32. The molecule has 4 rings (SSSR count). The van der Waals surface area contributed by atoms with Crippen molar-refractivity contribution in [3.63, 3.8) is 0 Å². The van der Waals surface area contributed by atoms with Gasteiger partial charge in [0.05, 0.1) is 12.2 Å². The molecule has 118 valence electrons. The van der Waals surface area contributed by atoms with E-state index in [2.05, 4.69) is 14.9 Å². The van der Waals surface area contributed by atoms with Crippen LogP contribution in [0.5, 0.6) is 0 Å². The highest BCUT2D eigenvalue weighted by molar-refractivity contribution is 7.13. The van der Waals surface area contributed by atoms with Crippen molar-refractivity contribution in [2.75, 3.05) is 5.32 Å². The first-order chi connectivity index (χ1) is 11.2. The van der Waals surface area contributed by atoms with E-state index in [4.69, 9.17) is 0 Å². The summed E-state index contributed by atoms with van der Waals surface area (Å²) in [6, 6.07) is 5.75. The van der Waals surface area contributed by atoms with Crippen LogP contribution in [-0.2, 0) is 13.2 Å². The molecule has 23 heavy (non-hydrogen) atoms. The maximum atomic E-state index is 12.6. The third kappa shape index (κ3) is 2.87. The topological polar surface area (TPSA) is 67.2 Å². The molecule has 1 amide bonds. The van der Waals surface area contributed by atoms with Gasteiger partial charge in [0.25, 0.3) is 5.91 Å². The zero-order valence-electron chi connectivity index (χ0n) is 12.5. The van der Waals surface area contributed by atoms with Crippen LogP contribution in [0.4, 0.5) is 5.13 Å². The highest BCUT2D eigenvalue weighted by atomic mass is 32.1. The molecule has 2 N–H and O–H groups in total. The van der Waals surface area contributed by atoms with E-state index in [0.29, 0.717) is 16.6 Å². The molecule has 1 saturated carbocycles. The van der Waals surface area contributed by atoms with Crippen molar-refractivity contribution in [1.29, 1.82) is 0 Å². The molecule has 2 aromatic heterocycles. The SMILES string of the molecule is O=C(Nc1nccs1)c1cn(CC2CC2)c2cc(CO)ccc12. The number of nitrogens with one attached hydrogen (secondary N) is 1. The van der Waals surface area contributed by atoms with E-state index < -0.39 is 0 Å². The summed E-state index contributed by atoms with van der Waals surface area (Å²) in [5.74, 6) is 0.564. The molecule has 0 unspecified atom stereocenters. The smallest absolute Gasteiger partial charge is 0.259 e. The first kappa shape index (κ1) is 14.4. The lowest BCUT2D eigenvalue weighted by molar-refractivity contribution is 0.102. The third-order valence-electron chi connectivity index (χ3n) is 4.18. The van der Waals surface area contributed by atoms with Gasteiger partial charge in [-0.1, -0.05) is 12.1 Å². The van der Waals surface area contributed by atoms with Gasteiger partial charge in [-0.2, -0.15) is 0 Å². The fourth-order valence-electron chi connectivity index (χ4n) is 2.80. The second-order valence-corrected chi connectivity index (χ2v) is 6.83. The van der Waals surface area contributed by atoms with Crippen LogP contribution < -0.4 is 5.32 Å². The van der Waals surface area contributed by atoms with Crippen LogP contribution in [0.2, 0.25) is 0 Å². The summed E-state index contributed by atoms with van der Waals surface area (Å²) in [7, 11) is 0. The number of carbonyl (C=O) groups is 1. The van der Waals surface area contributed by atoms with Crippen LogP contribution in [0.25, 0.3) is 10.9 Å². The van der Waals surface area contributed by atoms with E-state index in [1.54, 1.807) is 6.20 Å². The minimum absolute atomic E-state index is 0.00515. The molecule has 1 aromatic carbocycles. The van der Waals surface area contributed by atoms with Crippen molar-refractivity contribution in [1.82, 2.24) is 9.55 Å². The summed E-state index contributed by atoms with van der Waals surface area (Å²) in [4.78, 5) is 16.7. The maximum absolute atomic E-state index is 12.6. The van der Waals surface area contributed by atoms with Crippen molar-refractivity contribution in [3.05, 3.63) is 47.1 Å². The fraction of sp³-hybridized carbons (Fsp3) is 0.294. The van der Waals surface area contributed by atoms with E-state index in [1.165, 1.54) is 24.2 Å². The summed E-state index contributed by atoms with van der Waals surface area (Å²) in [6.07, 6.45) is 6.09. The summed E-state index contributed by atoms with van der Waals surface area (Å²) < 4.78 is 2.14. The zero-order valence-corrected chi connectivity index (χ0v) is 13.3. The highest BCUT2D eigenvalue weighted by Crippen LogP contribution is 2.33. The normalized spacial score (nSPS) is 14.3. The van der Waals surface area contributed by atoms with Gasteiger partial charge in [0, 0.05) is 35.2 Å².